The number of likely N-dealkylation sites (N-methyl/N-ethyl adjacent to an activating group) is 1. The highest BCUT2D eigenvalue weighted by Gasteiger charge is 2.28. The van der Waals surface area contributed by atoms with Crippen molar-refractivity contribution in [3.05, 3.63) is 16.1 Å². The molecule has 0 saturated heterocycles. The first-order valence-electron chi connectivity index (χ1n) is 7.50. The van der Waals surface area contributed by atoms with Crippen molar-refractivity contribution in [2.75, 3.05) is 12.8 Å². The first-order valence-corrected chi connectivity index (χ1v) is 9.54. The Labute approximate surface area is 135 Å². The molecule has 1 saturated carbocycles. The number of hydrogen-bond donors (Lipinski definition) is 1. The van der Waals surface area contributed by atoms with Gasteiger partial charge in [0.25, 0.3) is 0 Å². The SMILES string of the molecule is Cc1nc(CSCCC(=O)N(C)C2CCCCC2O)cs1. The van der Waals surface area contributed by atoms with Crippen LogP contribution >= 0.6 is 23.1 Å². The fourth-order valence-corrected chi connectivity index (χ4v) is 4.25. The smallest absolute Gasteiger partial charge is 0.223 e. The zero-order chi connectivity index (χ0) is 15.2. The molecule has 2 rings (SSSR count). The fourth-order valence-electron chi connectivity index (χ4n) is 2.72. The molecular weight excluding hydrogens is 304 g/mol. The molecule has 1 N–H and O–H groups in total. The maximum absolute atomic E-state index is 12.2. The lowest BCUT2D eigenvalue weighted by Gasteiger charge is -2.35. The number of hydrogen-bond acceptors (Lipinski definition) is 5. The quantitative estimate of drug-likeness (QED) is 0.816. The van der Waals surface area contributed by atoms with Crippen molar-refractivity contribution < 1.29 is 9.90 Å². The summed E-state index contributed by atoms with van der Waals surface area (Å²) in [5.41, 5.74) is 1.10. The molecule has 0 aromatic carbocycles. The van der Waals surface area contributed by atoms with Crippen molar-refractivity contribution in [2.45, 2.75) is 56.9 Å². The molecule has 1 aromatic rings. The summed E-state index contributed by atoms with van der Waals surface area (Å²) in [6.45, 7) is 2.01. The number of amides is 1. The van der Waals surface area contributed by atoms with Crippen LogP contribution in [0.5, 0.6) is 0 Å². The van der Waals surface area contributed by atoms with E-state index in [1.54, 1.807) is 28.0 Å². The van der Waals surface area contributed by atoms with Gasteiger partial charge in [-0.1, -0.05) is 12.8 Å². The van der Waals surface area contributed by atoms with Crippen LogP contribution in [-0.4, -0.2) is 45.8 Å². The highest BCUT2D eigenvalue weighted by molar-refractivity contribution is 7.98. The van der Waals surface area contributed by atoms with Gasteiger partial charge in [0, 0.05) is 30.4 Å². The highest BCUT2D eigenvalue weighted by atomic mass is 32.2. The van der Waals surface area contributed by atoms with Crippen LogP contribution in [0.25, 0.3) is 0 Å². The topological polar surface area (TPSA) is 53.4 Å². The van der Waals surface area contributed by atoms with Crippen molar-refractivity contribution >= 4 is 29.0 Å². The van der Waals surface area contributed by atoms with E-state index in [1.807, 2.05) is 14.0 Å². The number of nitrogens with zero attached hydrogens (tertiary/aromatic N) is 2. The summed E-state index contributed by atoms with van der Waals surface area (Å²) in [5, 5.41) is 13.2. The van der Waals surface area contributed by atoms with E-state index in [2.05, 4.69) is 10.4 Å². The van der Waals surface area contributed by atoms with Crippen molar-refractivity contribution in [3.8, 4) is 0 Å². The predicted molar refractivity (Wildman–Crippen MR) is 88.7 cm³/mol. The zero-order valence-electron chi connectivity index (χ0n) is 12.7. The molecule has 2 atom stereocenters. The van der Waals surface area contributed by atoms with Crippen LogP contribution in [0.2, 0.25) is 0 Å². The largest absolute Gasteiger partial charge is 0.391 e. The van der Waals surface area contributed by atoms with Gasteiger partial charge in [0.2, 0.25) is 5.91 Å². The van der Waals surface area contributed by atoms with Crippen LogP contribution < -0.4 is 0 Å². The lowest BCUT2D eigenvalue weighted by molar-refractivity contribution is -0.134. The van der Waals surface area contributed by atoms with Gasteiger partial charge in [-0.15, -0.1) is 11.3 Å². The Morgan fingerprint density at radius 3 is 2.95 bits per heavy atom. The van der Waals surface area contributed by atoms with Gasteiger partial charge in [-0.05, 0) is 19.8 Å². The van der Waals surface area contributed by atoms with Crippen LogP contribution in [0.4, 0.5) is 0 Å². The summed E-state index contributed by atoms with van der Waals surface area (Å²) < 4.78 is 0. The third-order valence-corrected chi connectivity index (χ3v) is 5.78. The maximum Gasteiger partial charge on any atom is 0.223 e. The molecule has 0 radical (unpaired) electrons. The molecule has 4 nitrogen and oxygen atoms in total. The summed E-state index contributed by atoms with van der Waals surface area (Å²) in [4.78, 5) is 18.4. The summed E-state index contributed by atoms with van der Waals surface area (Å²) >= 11 is 3.41. The number of aromatic nitrogens is 1. The molecule has 1 heterocycles. The molecule has 118 valence electrons. The molecule has 1 amide bonds. The second kappa shape index (κ2) is 8.15. The van der Waals surface area contributed by atoms with Crippen molar-refractivity contribution in [2.24, 2.45) is 0 Å². The summed E-state index contributed by atoms with van der Waals surface area (Å²) in [5.74, 6) is 1.82. The van der Waals surface area contributed by atoms with Crippen LogP contribution in [0, 0.1) is 6.92 Å². The molecule has 0 aliphatic heterocycles. The van der Waals surface area contributed by atoms with E-state index in [0.717, 1.165) is 47.9 Å². The van der Waals surface area contributed by atoms with Gasteiger partial charge in [-0.25, -0.2) is 4.98 Å². The number of thioether (sulfide) groups is 1. The third-order valence-electron chi connectivity index (χ3n) is 3.96. The van der Waals surface area contributed by atoms with Gasteiger partial charge in [0.05, 0.1) is 22.8 Å². The molecule has 1 aromatic heterocycles. The van der Waals surface area contributed by atoms with E-state index in [9.17, 15) is 9.90 Å². The number of rotatable bonds is 6. The summed E-state index contributed by atoms with van der Waals surface area (Å²) in [6, 6.07) is 0.0115. The second-order valence-electron chi connectivity index (χ2n) is 5.58. The minimum Gasteiger partial charge on any atom is -0.391 e. The molecule has 2 unspecified atom stereocenters. The minimum atomic E-state index is -0.349. The Balaban J connectivity index is 1.68. The Morgan fingerprint density at radius 1 is 1.52 bits per heavy atom. The molecule has 1 aliphatic rings. The molecule has 0 bridgehead atoms. The third kappa shape index (κ3) is 4.97. The molecule has 1 aliphatic carbocycles. The first-order chi connectivity index (χ1) is 10.1. The van der Waals surface area contributed by atoms with Crippen molar-refractivity contribution in [1.29, 1.82) is 0 Å². The van der Waals surface area contributed by atoms with E-state index < -0.39 is 0 Å². The number of aliphatic hydroxyl groups is 1. The Bertz CT molecular complexity index is 464. The minimum absolute atomic E-state index is 0.0115. The van der Waals surface area contributed by atoms with Gasteiger partial charge in [0.15, 0.2) is 0 Å². The highest BCUT2D eigenvalue weighted by Crippen LogP contribution is 2.23. The molecule has 0 spiro atoms. The molecule has 6 heteroatoms. The standard InChI is InChI=1S/C15H24N2O2S2/c1-11-16-12(10-21-11)9-20-8-7-15(19)17(2)13-5-3-4-6-14(13)18/h10,13-14,18H,3-9H2,1-2H3. The van der Waals surface area contributed by atoms with Gasteiger partial charge >= 0.3 is 0 Å². The maximum atomic E-state index is 12.2. The van der Waals surface area contributed by atoms with E-state index in [1.165, 1.54) is 0 Å². The van der Waals surface area contributed by atoms with Gasteiger partial charge < -0.3 is 10.0 Å². The van der Waals surface area contributed by atoms with Gasteiger partial charge in [-0.2, -0.15) is 11.8 Å². The molecular formula is C15H24N2O2S2. The lowest BCUT2D eigenvalue weighted by Crippen LogP contribution is -2.46. The average molecular weight is 329 g/mol. The Kier molecular flexibility index (Phi) is 6.51. The van der Waals surface area contributed by atoms with Crippen molar-refractivity contribution in [3.63, 3.8) is 0 Å². The van der Waals surface area contributed by atoms with E-state index in [4.69, 9.17) is 0 Å². The number of aliphatic hydroxyl groups excluding tert-OH is 1. The van der Waals surface area contributed by atoms with Crippen LogP contribution in [0.1, 0.15) is 42.8 Å². The number of carbonyl (C=O) groups is 1. The summed E-state index contributed by atoms with van der Waals surface area (Å²) in [7, 11) is 1.83. The number of aryl methyl sites for hydroxylation is 1. The van der Waals surface area contributed by atoms with Crippen LogP contribution in [0.15, 0.2) is 5.38 Å². The average Bonchev–Trinajstić information content (AvgIpc) is 2.89. The molecule has 21 heavy (non-hydrogen) atoms. The van der Waals surface area contributed by atoms with E-state index in [0.29, 0.717) is 6.42 Å². The summed E-state index contributed by atoms with van der Waals surface area (Å²) in [6.07, 6.45) is 4.11. The predicted octanol–water partition coefficient (Wildman–Crippen LogP) is 2.84. The van der Waals surface area contributed by atoms with Gasteiger partial charge in [0.1, 0.15) is 0 Å². The van der Waals surface area contributed by atoms with E-state index >= 15 is 0 Å². The van der Waals surface area contributed by atoms with Gasteiger partial charge in [-0.3, -0.25) is 4.79 Å². The lowest BCUT2D eigenvalue weighted by atomic mass is 9.91. The molecule has 1 fully saturated rings. The number of carbonyl (C=O) groups excluding carboxylic acids is 1. The Hall–Kier alpha value is -0.590. The monoisotopic (exact) mass is 328 g/mol. The first kappa shape index (κ1) is 16.8. The number of thiazole rings is 1. The van der Waals surface area contributed by atoms with E-state index in [-0.39, 0.29) is 18.1 Å². The van der Waals surface area contributed by atoms with Crippen LogP contribution in [-0.2, 0) is 10.5 Å². The van der Waals surface area contributed by atoms with Crippen LogP contribution in [0.3, 0.4) is 0 Å². The Morgan fingerprint density at radius 2 is 2.29 bits per heavy atom. The second-order valence-corrected chi connectivity index (χ2v) is 7.75. The fraction of sp³-hybridized carbons (Fsp3) is 0.733. The normalized spacial score (nSPS) is 22.2. The zero-order valence-corrected chi connectivity index (χ0v) is 14.4. The van der Waals surface area contributed by atoms with Crippen molar-refractivity contribution in [1.82, 2.24) is 9.88 Å².